The van der Waals surface area contributed by atoms with Crippen LogP contribution in [0.4, 0.5) is 14.9 Å². The Balaban J connectivity index is 1.05. The van der Waals surface area contributed by atoms with Crippen molar-refractivity contribution in [1.82, 2.24) is 15.4 Å². The summed E-state index contributed by atoms with van der Waals surface area (Å²) in [6, 6.07) is 11.7. The third kappa shape index (κ3) is 6.56. The van der Waals surface area contributed by atoms with Gasteiger partial charge in [-0.25, -0.2) is 9.18 Å². The van der Waals surface area contributed by atoms with E-state index >= 15 is 0 Å². The topological polar surface area (TPSA) is 87.9 Å². The van der Waals surface area contributed by atoms with Crippen molar-refractivity contribution in [2.24, 2.45) is 11.8 Å². The standard InChI is InChI=1S/C34H43FN4O4/c1-34(2,3)42-33(41)39-28-11-7-6-8-23(28)18-29(39)32(40)36-20-24-9-4-5-10-25(24)21-38-16-14-22(15-17-38)31-27-13-12-26(35)19-30(27)43-37-31/h6-8,11-13,19,22,24-25,29H,4-5,9-10,14-18,20-21H2,1-3H3,(H,36,40)/t24-,25-,29?/m0/s1. The van der Waals surface area contributed by atoms with Gasteiger partial charge in [0.2, 0.25) is 5.91 Å². The Bertz CT molecular complexity index is 1460. The molecule has 3 atom stereocenters. The lowest BCUT2D eigenvalue weighted by atomic mass is 9.78. The van der Waals surface area contributed by atoms with Crippen molar-refractivity contribution in [3.05, 3.63) is 59.5 Å². The van der Waals surface area contributed by atoms with E-state index in [-0.39, 0.29) is 11.7 Å². The summed E-state index contributed by atoms with van der Waals surface area (Å²) in [5.41, 5.74) is 2.55. The van der Waals surface area contributed by atoms with Crippen LogP contribution < -0.4 is 10.2 Å². The van der Waals surface area contributed by atoms with Gasteiger partial charge < -0.3 is 19.5 Å². The number of hydrogen-bond donors (Lipinski definition) is 1. The van der Waals surface area contributed by atoms with E-state index in [9.17, 15) is 14.0 Å². The Morgan fingerprint density at radius 1 is 1.05 bits per heavy atom. The van der Waals surface area contributed by atoms with Gasteiger partial charge in [-0.1, -0.05) is 36.2 Å². The molecule has 2 aliphatic heterocycles. The first-order valence-electron chi connectivity index (χ1n) is 15.8. The van der Waals surface area contributed by atoms with Crippen LogP contribution >= 0.6 is 0 Å². The van der Waals surface area contributed by atoms with E-state index < -0.39 is 17.7 Å². The molecule has 1 saturated heterocycles. The number of likely N-dealkylation sites (tertiary alicyclic amines) is 1. The van der Waals surface area contributed by atoms with Gasteiger partial charge in [-0.15, -0.1) is 0 Å². The Morgan fingerprint density at radius 2 is 1.79 bits per heavy atom. The zero-order chi connectivity index (χ0) is 30.1. The summed E-state index contributed by atoms with van der Waals surface area (Å²) in [5, 5.41) is 8.45. The molecule has 8 nitrogen and oxygen atoms in total. The number of aromatic nitrogens is 1. The van der Waals surface area contributed by atoms with E-state index in [0.717, 1.165) is 61.2 Å². The first kappa shape index (κ1) is 29.6. The highest BCUT2D eigenvalue weighted by atomic mass is 19.1. The van der Waals surface area contributed by atoms with Crippen molar-refractivity contribution >= 4 is 28.7 Å². The molecule has 1 aromatic heterocycles. The van der Waals surface area contributed by atoms with Crippen LogP contribution in [0.1, 0.15) is 76.5 Å². The van der Waals surface area contributed by atoms with Gasteiger partial charge in [0.05, 0.1) is 11.4 Å². The lowest BCUT2D eigenvalue weighted by Crippen LogP contribution is -2.51. The zero-order valence-corrected chi connectivity index (χ0v) is 25.5. The van der Waals surface area contributed by atoms with Crippen LogP contribution in [0.5, 0.6) is 0 Å². The van der Waals surface area contributed by atoms with Crippen molar-refractivity contribution in [1.29, 1.82) is 0 Å². The average Bonchev–Trinajstić information content (AvgIpc) is 3.58. The number of carbonyl (C=O) groups excluding carboxylic acids is 2. The summed E-state index contributed by atoms with van der Waals surface area (Å²) >= 11 is 0. The van der Waals surface area contributed by atoms with Crippen molar-refractivity contribution in [2.45, 2.75) is 83.3 Å². The molecule has 3 aliphatic rings. The molecule has 9 heteroatoms. The maximum absolute atomic E-state index is 13.6. The molecular formula is C34H43FN4O4. The predicted octanol–water partition coefficient (Wildman–Crippen LogP) is 6.44. The fourth-order valence-electron chi connectivity index (χ4n) is 7.22. The van der Waals surface area contributed by atoms with Gasteiger partial charge >= 0.3 is 6.09 Å². The Kier molecular flexibility index (Phi) is 8.45. The molecule has 43 heavy (non-hydrogen) atoms. The number of fused-ring (bicyclic) bond motifs is 2. The van der Waals surface area contributed by atoms with Crippen molar-refractivity contribution < 1.29 is 23.2 Å². The minimum atomic E-state index is -0.651. The van der Waals surface area contributed by atoms with E-state index in [2.05, 4.69) is 15.4 Å². The number of rotatable bonds is 6. The lowest BCUT2D eigenvalue weighted by Gasteiger charge is -2.38. The Labute approximate surface area is 252 Å². The number of para-hydroxylation sites is 1. The average molecular weight is 591 g/mol. The fourth-order valence-corrected chi connectivity index (χ4v) is 7.22. The quantitative estimate of drug-likeness (QED) is 0.356. The van der Waals surface area contributed by atoms with Crippen LogP contribution in [0.15, 0.2) is 47.0 Å². The fraction of sp³-hybridized carbons (Fsp3) is 0.559. The molecule has 1 unspecified atom stereocenters. The van der Waals surface area contributed by atoms with Crippen LogP contribution in [0.25, 0.3) is 11.0 Å². The summed E-state index contributed by atoms with van der Waals surface area (Å²) in [5.74, 6) is 0.810. The molecule has 3 aromatic rings. The molecule has 2 amide bonds. The van der Waals surface area contributed by atoms with E-state index in [1.807, 2.05) is 45.0 Å². The molecule has 0 spiro atoms. The summed E-state index contributed by atoms with van der Waals surface area (Å²) in [6.45, 7) is 9.14. The monoisotopic (exact) mass is 590 g/mol. The van der Waals surface area contributed by atoms with Crippen molar-refractivity contribution in [2.75, 3.05) is 31.1 Å². The third-order valence-electron chi connectivity index (χ3n) is 9.40. The molecule has 2 fully saturated rings. The Hall–Kier alpha value is -3.46. The number of carbonyl (C=O) groups is 2. The van der Waals surface area contributed by atoms with Gasteiger partial charge in [0.25, 0.3) is 0 Å². The number of amides is 2. The molecule has 0 bridgehead atoms. The third-order valence-corrected chi connectivity index (χ3v) is 9.40. The number of nitrogens with one attached hydrogen (secondary N) is 1. The molecule has 1 N–H and O–H groups in total. The molecular weight excluding hydrogens is 547 g/mol. The normalized spacial score (nSPS) is 23.3. The highest BCUT2D eigenvalue weighted by molar-refractivity contribution is 6.00. The van der Waals surface area contributed by atoms with Gasteiger partial charge in [0.1, 0.15) is 17.5 Å². The number of benzene rings is 2. The number of hydrogen-bond acceptors (Lipinski definition) is 6. The lowest BCUT2D eigenvalue weighted by molar-refractivity contribution is -0.122. The number of piperidine rings is 1. The SMILES string of the molecule is CC(C)(C)OC(=O)N1c2ccccc2CC1C(=O)NC[C@@H]1CCCC[C@H]1CN1CCC(c2noc3cc(F)ccc23)CC1. The number of nitrogens with zero attached hydrogens (tertiary/aromatic N) is 3. The second kappa shape index (κ2) is 12.3. The smallest absolute Gasteiger partial charge is 0.415 e. The van der Waals surface area contributed by atoms with Crippen LogP contribution in [-0.2, 0) is 16.0 Å². The molecule has 6 rings (SSSR count). The van der Waals surface area contributed by atoms with Crippen molar-refractivity contribution in [3.8, 4) is 0 Å². The number of halogens is 1. The minimum absolute atomic E-state index is 0.119. The second-order valence-corrected chi connectivity index (χ2v) is 13.5. The molecule has 0 radical (unpaired) electrons. The summed E-state index contributed by atoms with van der Waals surface area (Å²) < 4.78 is 24.7. The second-order valence-electron chi connectivity index (χ2n) is 13.5. The molecule has 3 heterocycles. The van der Waals surface area contributed by atoms with Crippen molar-refractivity contribution in [3.63, 3.8) is 0 Å². The largest absolute Gasteiger partial charge is 0.443 e. The van der Waals surface area contributed by atoms with Crippen LogP contribution in [0.2, 0.25) is 0 Å². The first-order chi connectivity index (χ1) is 20.7. The molecule has 1 aliphatic carbocycles. The first-order valence-corrected chi connectivity index (χ1v) is 15.8. The zero-order valence-electron chi connectivity index (χ0n) is 25.5. The number of ether oxygens (including phenoxy) is 1. The summed E-state index contributed by atoms with van der Waals surface area (Å²) in [6.07, 6.45) is 6.66. The Morgan fingerprint density at radius 3 is 2.56 bits per heavy atom. The maximum Gasteiger partial charge on any atom is 0.415 e. The highest BCUT2D eigenvalue weighted by Gasteiger charge is 2.41. The van der Waals surface area contributed by atoms with Crippen LogP contribution in [0, 0.1) is 17.7 Å². The van der Waals surface area contributed by atoms with Gasteiger partial charge in [-0.3, -0.25) is 9.69 Å². The predicted molar refractivity (Wildman–Crippen MR) is 163 cm³/mol. The van der Waals surface area contributed by atoms with E-state index in [0.29, 0.717) is 36.3 Å². The summed E-state index contributed by atoms with van der Waals surface area (Å²) in [4.78, 5) is 30.9. The van der Waals surface area contributed by atoms with E-state index in [1.54, 1.807) is 6.07 Å². The molecule has 2 aromatic carbocycles. The number of anilines is 1. The highest BCUT2D eigenvalue weighted by Crippen LogP contribution is 2.36. The minimum Gasteiger partial charge on any atom is -0.443 e. The van der Waals surface area contributed by atoms with E-state index in [4.69, 9.17) is 9.26 Å². The maximum atomic E-state index is 13.6. The van der Waals surface area contributed by atoms with Crippen LogP contribution in [-0.4, -0.2) is 59.9 Å². The summed E-state index contributed by atoms with van der Waals surface area (Å²) in [7, 11) is 0. The van der Waals surface area contributed by atoms with Gasteiger partial charge in [0, 0.05) is 36.9 Å². The van der Waals surface area contributed by atoms with Gasteiger partial charge in [0.15, 0.2) is 5.58 Å². The van der Waals surface area contributed by atoms with E-state index in [1.165, 1.54) is 36.3 Å². The van der Waals surface area contributed by atoms with Gasteiger partial charge in [-0.2, -0.15) is 0 Å². The molecule has 230 valence electrons. The van der Waals surface area contributed by atoms with Gasteiger partial charge in [-0.05, 0) is 95.1 Å². The molecule has 1 saturated carbocycles. The van der Waals surface area contributed by atoms with Crippen LogP contribution in [0.3, 0.4) is 0 Å².